The Morgan fingerprint density at radius 3 is 2.74 bits per heavy atom. The summed E-state index contributed by atoms with van der Waals surface area (Å²) >= 11 is 6.08. The normalized spacial score (nSPS) is 11.4. The van der Waals surface area contributed by atoms with Gasteiger partial charge in [0, 0.05) is 22.7 Å². The molecule has 1 unspecified atom stereocenters. The Morgan fingerprint density at radius 2 is 2.16 bits per heavy atom. The van der Waals surface area contributed by atoms with E-state index in [-0.39, 0.29) is 6.04 Å². The third kappa shape index (κ3) is 4.66. The van der Waals surface area contributed by atoms with Gasteiger partial charge in [0.25, 0.3) is 0 Å². The topological polar surface area (TPSA) is 44.5 Å². The molecule has 0 aliphatic carbocycles. The SMILES string of the molecule is CC#CCOc1c(CC(N)CC)cc(Cl)cc1OC. The maximum Gasteiger partial charge on any atom is 0.165 e. The summed E-state index contributed by atoms with van der Waals surface area (Å²) in [7, 11) is 1.59. The van der Waals surface area contributed by atoms with E-state index in [1.807, 2.05) is 6.07 Å². The van der Waals surface area contributed by atoms with Gasteiger partial charge in [0.1, 0.15) is 6.61 Å². The van der Waals surface area contributed by atoms with E-state index in [1.54, 1.807) is 20.1 Å². The lowest BCUT2D eigenvalue weighted by atomic mass is 10.0. The van der Waals surface area contributed by atoms with Crippen molar-refractivity contribution < 1.29 is 9.47 Å². The van der Waals surface area contributed by atoms with Crippen LogP contribution in [-0.4, -0.2) is 19.8 Å². The molecule has 104 valence electrons. The van der Waals surface area contributed by atoms with Gasteiger partial charge in [0.15, 0.2) is 11.5 Å². The zero-order chi connectivity index (χ0) is 14.3. The summed E-state index contributed by atoms with van der Waals surface area (Å²) in [6.45, 7) is 4.15. The van der Waals surface area contributed by atoms with Gasteiger partial charge in [0.2, 0.25) is 0 Å². The van der Waals surface area contributed by atoms with E-state index >= 15 is 0 Å². The van der Waals surface area contributed by atoms with E-state index in [1.165, 1.54) is 0 Å². The molecule has 1 rings (SSSR count). The average molecular weight is 282 g/mol. The highest BCUT2D eigenvalue weighted by Crippen LogP contribution is 2.35. The Hall–Kier alpha value is -1.37. The minimum absolute atomic E-state index is 0.0720. The molecule has 0 spiro atoms. The Kier molecular flexibility index (Phi) is 6.55. The monoisotopic (exact) mass is 281 g/mol. The van der Waals surface area contributed by atoms with Crippen LogP contribution in [0, 0.1) is 11.8 Å². The molecular formula is C15H20ClNO2. The molecule has 1 aromatic rings. The molecule has 0 bridgehead atoms. The van der Waals surface area contributed by atoms with E-state index in [4.69, 9.17) is 26.8 Å². The molecule has 1 atom stereocenters. The fraction of sp³-hybridized carbons (Fsp3) is 0.467. The van der Waals surface area contributed by atoms with Crippen LogP contribution in [0.5, 0.6) is 11.5 Å². The predicted molar refractivity (Wildman–Crippen MR) is 78.9 cm³/mol. The zero-order valence-electron chi connectivity index (χ0n) is 11.6. The maximum absolute atomic E-state index is 6.08. The van der Waals surface area contributed by atoms with E-state index in [9.17, 15) is 0 Å². The van der Waals surface area contributed by atoms with Gasteiger partial charge in [-0.25, -0.2) is 0 Å². The van der Waals surface area contributed by atoms with Gasteiger partial charge in [0.05, 0.1) is 7.11 Å². The number of hydrogen-bond donors (Lipinski definition) is 1. The molecular weight excluding hydrogens is 262 g/mol. The predicted octanol–water partition coefficient (Wildman–Crippen LogP) is 3.03. The van der Waals surface area contributed by atoms with Crippen molar-refractivity contribution in [3.8, 4) is 23.3 Å². The number of halogens is 1. The van der Waals surface area contributed by atoms with Gasteiger partial charge in [-0.3, -0.25) is 0 Å². The van der Waals surface area contributed by atoms with Gasteiger partial charge < -0.3 is 15.2 Å². The Morgan fingerprint density at radius 1 is 1.42 bits per heavy atom. The third-order valence-corrected chi connectivity index (χ3v) is 3.01. The standard InChI is InChI=1S/C15H20ClNO2/c1-4-6-7-19-15-11(9-13(17)5-2)8-12(16)10-14(15)18-3/h8,10,13H,5,7,9,17H2,1-3H3. The molecule has 4 heteroatoms. The van der Waals surface area contributed by atoms with E-state index < -0.39 is 0 Å². The molecule has 1 aromatic carbocycles. The average Bonchev–Trinajstić information content (AvgIpc) is 2.40. The summed E-state index contributed by atoms with van der Waals surface area (Å²) in [5, 5.41) is 0.615. The fourth-order valence-electron chi connectivity index (χ4n) is 1.70. The lowest BCUT2D eigenvalue weighted by Gasteiger charge is -2.16. The Bertz CT molecular complexity index is 477. The van der Waals surface area contributed by atoms with Crippen molar-refractivity contribution in [1.29, 1.82) is 0 Å². The molecule has 0 aliphatic rings. The second-order valence-electron chi connectivity index (χ2n) is 4.18. The highest BCUT2D eigenvalue weighted by molar-refractivity contribution is 6.30. The second kappa shape index (κ2) is 7.93. The number of rotatable bonds is 6. The van der Waals surface area contributed by atoms with Crippen molar-refractivity contribution in [2.75, 3.05) is 13.7 Å². The quantitative estimate of drug-likeness (QED) is 0.815. The summed E-state index contributed by atoms with van der Waals surface area (Å²) in [5.74, 6) is 6.95. The minimum atomic E-state index is 0.0720. The zero-order valence-corrected chi connectivity index (χ0v) is 12.4. The molecule has 3 nitrogen and oxygen atoms in total. The van der Waals surface area contributed by atoms with Crippen molar-refractivity contribution in [2.24, 2.45) is 5.73 Å². The molecule has 0 aliphatic heterocycles. The number of benzene rings is 1. The smallest absolute Gasteiger partial charge is 0.165 e. The van der Waals surface area contributed by atoms with Gasteiger partial charge in [-0.2, -0.15) is 0 Å². The van der Waals surface area contributed by atoms with E-state index in [0.717, 1.165) is 12.0 Å². The first-order valence-corrected chi connectivity index (χ1v) is 6.64. The summed E-state index contributed by atoms with van der Waals surface area (Å²) in [4.78, 5) is 0. The van der Waals surface area contributed by atoms with Gasteiger partial charge >= 0.3 is 0 Å². The number of nitrogens with two attached hydrogens (primary N) is 1. The Balaban J connectivity index is 3.08. The molecule has 0 aromatic heterocycles. The van der Waals surface area contributed by atoms with Gasteiger partial charge in [-0.15, -0.1) is 5.92 Å². The van der Waals surface area contributed by atoms with Crippen LogP contribution in [0.15, 0.2) is 12.1 Å². The molecule has 0 saturated heterocycles. The van der Waals surface area contributed by atoms with Crippen LogP contribution in [0.3, 0.4) is 0 Å². The van der Waals surface area contributed by atoms with Gasteiger partial charge in [-0.05, 0) is 25.8 Å². The highest BCUT2D eigenvalue weighted by Gasteiger charge is 2.14. The lowest BCUT2D eigenvalue weighted by Crippen LogP contribution is -2.22. The lowest BCUT2D eigenvalue weighted by molar-refractivity contribution is 0.326. The molecule has 0 saturated carbocycles. The van der Waals surface area contributed by atoms with Crippen molar-refractivity contribution in [3.63, 3.8) is 0 Å². The van der Waals surface area contributed by atoms with Crippen molar-refractivity contribution in [2.45, 2.75) is 32.7 Å². The van der Waals surface area contributed by atoms with Crippen molar-refractivity contribution >= 4 is 11.6 Å². The number of hydrogen-bond acceptors (Lipinski definition) is 3. The Labute approximate surface area is 120 Å². The molecule has 2 N–H and O–H groups in total. The van der Waals surface area contributed by atoms with Gasteiger partial charge in [-0.1, -0.05) is 24.4 Å². The highest BCUT2D eigenvalue weighted by atomic mass is 35.5. The third-order valence-electron chi connectivity index (χ3n) is 2.79. The number of methoxy groups -OCH3 is 1. The largest absolute Gasteiger partial charge is 0.493 e. The van der Waals surface area contributed by atoms with Crippen LogP contribution >= 0.6 is 11.6 Å². The first-order chi connectivity index (χ1) is 9.12. The van der Waals surface area contributed by atoms with Crippen LogP contribution in [0.25, 0.3) is 0 Å². The van der Waals surface area contributed by atoms with Crippen molar-refractivity contribution in [1.82, 2.24) is 0 Å². The van der Waals surface area contributed by atoms with Crippen LogP contribution in [-0.2, 0) is 6.42 Å². The first-order valence-electron chi connectivity index (χ1n) is 6.26. The minimum Gasteiger partial charge on any atom is -0.493 e. The van der Waals surface area contributed by atoms with Crippen molar-refractivity contribution in [3.05, 3.63) is 22.7 Å². The van der Waals surface area contributed by atoms with Crippen LogP contribution in [0.4, 0.5) is 0 Å². The molecule has 0 heterocycles. The summed E-state index contributed by atoms with van der Waals surface area (Å²) in [6, 6.07) is 3.67. The van der Waals surface area contributed by atoms with E-state index in [0.29, 0.717) is 29.5 Å². The molecule has 19 heavy (non-hydrogen) atoms. The van der Waals surface area contributed by atoms with E-state index in [2.05, 4.69) is 18.8 Å². The molecule has 0 amide bonds. The fourth-order valence-corrected chi connectivity index (χ4v) is 1.93. The summed E-state index contributed by atoms with van der Waals surface area (Å²) < 4.78 is 11.0. The van der Waals surface area contributed by atoms with Crippen LogP contribution in [0.1, 0.15) is 25.8 Å². The molecule has 0 fully saturated rings. The maximum atomic E-state index is 6.08. The first kappa shape index (κ1) is 15.7. The number of ether oxygens (including phenoxy) is 2. The summed E-state index contributed by atoms with van der Waals surface area (Å²) in [5.41, 5.74) is 6.96. The van der Waals surface area contributed by atoms with Crippen LogP contribution in [0.2, 0.25) is 5.02 Å². The van der Waals surface area contributed by atoms with Crippen LogP contribution < -0.4 is 15.2 Å². The second-order valence-corrected chi connectivity index (χ2v) is 4.62. The summed E-state index contributed by atoms with van der Waals surface area (Å²) in [6.07, 6.45) is 1.59. The molecule has 0 radical (unpaired) electrons.